The van der Waals surface area contributed by atoms with Gasteiger partial charge in [-0.1, -0.05) is 0 Å². The number of methoxy groups -OCH3 is 1. The van der Waals surface area contributed by atoms with E-state index in [4.69, 9.17) is 14.6 Å². The summed E-state index contributed by atoms with van der Waals surface area (Å²) in [5.74, 6) is 0. The summed E-state index contributed by atoms with van der Waals surface area (Å²) in [6.45, 7) is 1.24. The molecule has 9 heteroatoms. The van der Waals surface area contributed by atoms with Crippen molar-refractivity contribution >= 4 is 10.0 Å². The Bertz CT molecular complexity index is 357. The molecule has 1 aliphatic rings. The molecule has 0 amide bonds. The Morgan fingerprint density at radius 3 is 2.18 bits per heavy atom. The fourth-order valence-electron chi connectivity index (χ4n) is 1.64. The van der Waals surface area contributed by atoms with Gasteiger partial charge in [0.25, 0.3) is 0 Å². The van der Waals surface area contributed by atoms with E-state index in [-0.39, 0.29) is 0 Å². The van der Waals surface area contributed by atoms with Crippen LogP contribution >= 0.6 is 0 Å². The largest absolute Gasteiger partial charge is 0.388 e. The van der Waals surface area contributed by atoms with Crippen LogP contribution in [-0.4, -0.2) is 66.8 Å². The number of nitrogens with two attached hydrogens (primary N) is 1. The standard InChI is InChI=1S/C8H17NO7S/c1-3(17(9,13)14)7-5(11)4(10)6(12)8(15-2)16-7/h3-8,10-12H,1-2H3,(H2,9,13,14)/t3?,4-,5-,6-,7-,8-/m0/s1. The van der Waals surface area contributed by atoms with Gasteiger partial charge in [-0.25, -0.2) is 13.6 Å². The van der Waals surface area contributed by atoms with Crippen molar-refractivity contribution in [3.05, 3.63) is 0 Å². The highest BCUT2D eigenvalue weighted by Crippen LogP contribution is 2.25. The molecule has 0 aromatic carbocycles. The molecule has 17 heavy (non-hydrogen) atoms. The Morgan fingerprint density at radius 1 is 1.24 bits per heavy atom. The molecule has 1 rings (SSSR count). The van der Waals surface area contributed by atoms with Crippen LogP contribution in [0.1, 0.15) is 6.92 Å². The average molecular weight is 271 g/mol. The fraction of sp³-hybridized carbons (Fsp3) is 1.00. The molecular weight excluding hydrogens is 254 g/mol. The molecule has 0 bridgehead atoms. The molecule has 5 N–H and O–H groups in total. The molecule has 0 aliphatic carbocycles. The van der Waals surface area contributed by atoms with Crippen LogP contribution in [0, 0.1) is 0 Å². The van der Waals surface area contributed by atoms with Crippen LogP contribution in [0.3, 0.4) is 0 Å². The van der Waals surface area contributed by atoms with E-state index in [9.17, 15) is 23.7 Å². The Hall–Kier alpha value is -0.290. The van der Waals surface area contributed by atoms with Crippen LogP contribution in [-0.2, 0) is 19.5 Å². The highest BCUT2D eigenvalue weighted by Gasteiger charge is 2.48. The molecule has 0 aromatic heterocycles. The summed E-state index contributed by atoms with van der Waals surface area (Å²) in [5.41, 5.74) is 0. The Labute approximate surface area is 99.0 Å². The van der Waals surface area contributed by atoms with Gasteiger partial charge >= 0.3 is 0 Å². The van der Waals surface area contributed by atoms with E-state index >= 15 is 0 Å². The third-order valence-electron chi connectivity index (χ3n) is 2.82. The molecule has 0 spiro atoms. The van der Waals surface area contributed by atoms with Gasteiger partial charge in [0.2, 0.25) is 10.0 Å². The van der Waals surface area contributed by atoms with Crippen molar-refractivity contribution in [3.63, 3.8) is 0 Å². The summed E-state index contributed by atoms with van der Waals surface area (Å²) in [6.07, 6.45) is -7.08. The molecule has 1 heterocycles. The monoisotopic (exact) mass is 271 g/mol. The van der Waals surface area contributed by atoms with E-state index < -0.39 is 46.0 Å². The second-order valence-electron chi connectivity index (χ2n) is 3.97. The topological polar surface area (TPSA) is 139 Å². The van der Waals surface area contributed by atoms with E-state index in [1.807, 2.05) is 0 Å². The molecule has 0 radical (unpaired) electrons. The van der Waals surface area contributed by atoms with E-state index in [1.165, 1.54) is 14.0 Å². The maximum Gasteiger partial charge on any atom is 0.214 e. The van der Waals surface area contributed by atoms with Gasteiger partial charge in [-0.2, -0.15) is 0 Å². The molecule has 6 atom stereocenters. The highest BCUT2D eigenvalue weighted by molar-refractivity contribution is 7.89. The summed E-state index contributed by atoms with van der Waals surface area (Å²) in [6, 6.07) is 0. The SMILES string of the molecule is CO[C@H]1O[C@@H](C(C)S(N)(=O)=O)[C@@H](O)[C@H](O)[C@@H]1O. The molecular formula is C8H17NO7S. The van der Waals surface area contributed by atoms with Gasteiger partial charge in [0, 0.05) is 7.11 Å². The number of aliphatic hydroxyl groups is 3. The Kier molecular flexibility index (Phi) is 4.47. The van der Waals surface area contributed by atoms with E-state index in [1.54, 1.807) is 0 Å². The van der Waals surface area contributed by atoms with Crippen molar-refractivity contribution in [1.82, 2.24) is 0 Å². The smallest absolute Gasteiger partial charge is 0.214 e. The van der Waals surface area contributed by atoms with Crippen LogP contribution in [0.5, 0.6) is 0 Å². The number of sulfonamides is 1. The maximum atomic E-state index is 11.2. The zero-order valence-electron chi connectivity index (χ0n) is 9.42. The van der Waals surface area contributed by atoms with E-state index in [0.29, 0.717) is 0 Å². The van der Waals surface area contributed by atoms with Gasteiger partial charge in [0.1, 0.15) is 29.7 Å². The first-order chi connectivity index (χ1) is 7.70. The average Bonchev–Trinajstić information content (AvgIpc) is 2.24. The third kappa shape index (κ3) is 2.94. The molecule has 102 valence electrons. The second-order valence-corrected chi connectivity index (χ2v) is 5.89. The van der Waals surface area contributed by atoms with Crippen LogP contribution in [0.15, 0.2) is 0 Å². The molecule has 1 aliphatic heterocycles. The summed E-state index contributed by atoms with van der Waals surface area (Å²) >= 11 is 0. The molecule has 1 unspecified atom stereocenters. The predicted molar refractivity (Wildman–Crippen MR) is 56.3 cm³/mol. The number of aliphatic hydroxyl groups excluding tert-OH is 3. The molecule has 0 aromatic rings. The summed E-state index contributed by atoms with van der Waals surface area (Å²) < 4.78 is 32.1. The third-order valence-corrected chi connectivity index (χ3v) is 4.12. The van der Waals surface area contributed by atoms with Crippen molar-refractivity contribution in [2.75, 3.05) is 7.11 Å². The number of ether oxygens (including phenoxy) is 2. The number of hydrogen-bond donors (Lipinski definition) is 4. The van der Waals surface area contributed by atoms with Gasteiger partial charge in [-0.05, 0) is 6.92 Å². The van der Waals surface area contributed by atoms with Gasteiger partial charge in [-0.15, -0.1) is 0 Å². The quantitative estimate of drug-likeness (QED) is 0.432. The van der Waals surface area contributed by atoms with Crippen LogP contribution in [0.25, 0.3) is 0 Å². The number of rotatable bonds is 3. The molecule has 1 saturated heterocycles. The minimum absolute atomic E-state index is 1.22. The van der Waals surface area contributed by atoms with Crippen molar-refractivity contribution in [2.24, 2.45) is 5.14 Å². The van der Waals surface area contributed by atoms with Crippen molar-refractivity contribution < 1.29 is 33.2 Å². The molecule has 8 nitrogen and oxygen atoms in total. The van der Waals surface area contributed by atoms with E-state index in [2.05, 4.69) is 0 Å². The second kappa shape index (κ2) is 5.14. The Balaban J connectivity index is 2.93. The van der Waals surface area contributed by atoms with Crippen molar-refractivity contribution in [1.29, 1.82) is 0 Å². The van der Waals surface area contributed by atoms with E-state index in [0.717, 1.165) is 0 Å². The lowest BCUT2D eigenvalue weighted by Gasteiger charge is -2.41. The maximum absolute atomic E-state index is 11.2. The van der Waals surface area contributed by atoms with Gasteiger partial charge < -0.3 is 24.8 Å². The van der Waals surface area contributed by atoms with Crippen molar-refractivity contribution in [2.45, 2.75) is 42.9 Å². The summed E-state index contributed by atoms with van der Waals surface area (Å²) in [5, 5.41) is 32.3. The van der Waals surface area contributed by atoms with Gasteiger partial charge in [0.05, 0.1) is 0 Å². The normalized spacial score (nSPS) is 41.2. The van der Waals surface area contributed by atoms with Crippen LogP contribution < -0.4 is 5.14 Å². The minimum Gasteiger partial charge on any atom is -0.388 e. The summed E-state index contributed by atoms with van der Waals surface area (Å²) in [4.78, 5) is 0. The van der Waals surface area contributed by atoms with Gasteiger partial charge in [0.15, 0.2) is 6.29 Å². The lowest BCUT2D eigenvalue weighted by Crippen LogP contribution is -2.62. The number of hydrogen-bond acceptors (Lipinski definition) is 7. The van der Waals surface area contributed by atoms with Crippen LogP contribution in [0.4, 0.5) is 0 Å². The number of primary sulfonamides is 1. The highest BCUT2D eigenvalue weighted by atomic mass is 32.2. The predicted octanol–water partition coefficient (Wildman–Crippen LogP) is -2.88. The summed E-state index contributed by atoms with van der Waals surface area (Å²) in [7, 11) is -2.72. The zero-order chi connectivity index (χ0) is 13.4. The van der Waals surface area contributed by atoms with Crippen molar-refractivity contribution in [3.8, 4) is 0 Å². The molecule has 0 saturated carbocycles. The lowest BCUT2D eigenvalue weighted by molar-refractivity contribution is -0.289. The first-order valence-corrected chi connectivity index (χ1v) is 6.55. The zero-order valence-corrected chi connectivity index (χ0v) is 10.2. The Morgan fingerprint density at radius 2 is 1.76 bits per heavy atom. The van der Waals surface area contributed by atoms with Gasteiger partial charge in [-0.3, -0.25) is 0 Å². The first kappa shape index (κ1) is 14.8. The molecule has 1 fully saturated rings. The fourth-order valence-corrected chi connectivity index (χ4v) is 2.24. The lowest BCUT2D eigenvalue weighted by atomic mass is 9.97. The minimum atomic E-state index is -3.94. The van der Waals surface area contributed by atoms with Crippen LogP contribution in [0.2, 0.25) is 0 Å². The first-order valence-electron chi connectivity index (χ1n) is 4.94.